The van der Waals surface area contributed by atoms with Crippen LogP contribution in [0.2, 0.25) is 0 Å². The van der Waals surface area contributed by atoms with E-state index in [1.165, 1.54) is 0 Å². The highest BCUT2D eigenvalue weighted by Gasteiger charge is 2.36. The van der Waals surface area contributed by atoms with E-state index in [1.807, 2.05) is 41.5 Å². The predicted octanol–water partition coefficient (Wildman–Crippen LogP) is 7.46. The van der Waals surface area contributed by atoms with Crippen LogP contribution in [0.3, 0.4) is 0 Å². The molecule has 0 saturated heterocycles. The van der Waals surface area contributed by atoms with Gasteiger partial charge in [-0.2, -0.15) is 0 Å². The van der Waals surface area contributed by atoms with Gasteiger partial charge in [0.25, 0.3) is 0 Å². The standard InChI is InChI=1S/C41H60O14/c1-13-44-24-26(11)40(42)54-38-34(50-19-7)30(46-15-3)28(31(47-16-4)35(38)51-20-8)23-29-32(48-17-5)36(52-21-9)39(37(53-22-10)33(29)49-18-6)55-41(43)27(12)25-45-14-2/h11-25H2,1-10H3. The molecule has 2 aromatic carbocycles. The van der Waals surface area contributed by atoms with Crippen molar-refractivity contribution in [3.63, 3.8) is 0 Å². The van der Waals surface area contributed by atoms with Gasteiger partial charge in [0, 0.05) is 30.8 Å². The van der Waals surface area contributed by atoms with Crippen molar-refractivity contribution < 1.29 is 66.4 Å². The van der Waals surface area contributed by atoms with E-state index in [0.717, 1.165) is 0 Å². The first-order valence-corrected chi connectivity index (χ1v) is 19.0. The predicted molar refractivity (Wildman–Crippen MR) is 208 cm³/mol. The van der Waals surface area contributed by atoms with Crippen molar-refractivity contribution in [3.8, 4) is 57.5 Å². The number of carbonyl (C=O) groups is 2. The van der Waals surface area contributed by atoms with E-state index >= 15 is 0 Å². The van der Waals surface area contributed by atoms with E-state index < -0.39 is 11.9 Å². The zero-order chi connectivity index (χ0) is 40.9. The summed E-state index contributed by atoms with van der Waals surface area (Å²) in [6.07, 6.45) is -0.00776. The number of ether oxygens (including phenoxy) is 12. The third-order valence-corrected chi connectivity index (χ3v) is 7.34. The number of esters is 2. The van der Waals surface area contributed by atoms with Crippen LogP contribution >= 0.6 is 0 Å². The van der Waals surface area contributed by atoms with Gasteiger partial charge in [-0.3, -0.25) is 0 Å². The molecule has 0 spiro atoms. The van der Waals surface area contributed by atoms with Gasteiger partial charge < -0.3 is 56.8 Å². The average Bonchev–Trinajstić information content (AvgIpc) is 3.17. The number of carbonyl (C=O) groups excluding carboxylic acids is 2. The fraction of sp³-hybridized carbons (Fsp3) is 0.561. The Balaban J connectivity index is 3.19. The van der Waals surface area contributed by atoms with Crippen LogP contribution in [0.1, 0.15) is 80.4 Å². The monoisotopic (exact) mass is 776 g/mol. The largest absolute Gasteiger partial charge is 0.489 e. The van der Waals surface area contributed by atoms with Crippen molar-refractivity contribution in [1.29, 1.82) is 0 Å². The summed E-state index contributed by atoms with van der Waals surface area (Å²) in [5.74, 6) is -0.285. The van der Waals surface area contributed by atoms with E-state index in [2.05, 4.69) is 13.2 Å². The maximum absolute atomic E-state index is 13.4. The molecule has 0 aromatic heterocycles. The van der Waals surface area contributed by atoms with Crippen molar-refractivity contribution in [1.82, 2.24) is 0 Å². The number of hydrogen-bond acceptors (Lipinski definition) is 14. The highest BCUT2D eigenvalue weighted by Crippen LogP contribution is 2.59. The molecule has 0 aliphatic carbocycles. The van der Waals surface area contributed by atoms with Gasteiger partial charge in [0.05, 0.1) is 77.2 Å². The maximum atomic E-state index is 13.4. The zero-order valence-corrected chi connectivity index (χ0v) is 34.3. The van der Waals surface area contributed by atoms with E-state index in [-0.39, 0.29) is 141 Å². The van der Waals surface area contributed by atoms with Crippen molar-refractivity contribution in [2.45, 2.75) is 75.7 Å². The van der Waals surface area contributed by atoms with Gasteiger partial charge >= 0.3 is 11.9 Å². The van der Waals surface area contributed by atoms with Crippen LogP contribution in [0, 0.1) is 0 Å². The second-order valence-corrected chi connectivity index (χ2v) is 11.1. The highest BCUT2D eigenvalue weighted by molar-refractivity contribution is 5.92. The quantitative estimate of drug-likeness (QED) is 0.0479. The lowest BCUT2D eigenvalue weighted by molar-refractivity contribution is -0.131. The molecule has 0 heterocycles. The Morgan fingerprint density at radius 3 is 0.818 bits per heavy atom. The van der Waals surface area contributed by atoms with Gasteiger partial charge in [0.15, 0.2) is 23.0 Å². The third-order valence-electron chi connectivity index (χ3n) is 7.34. The fourth-order valence-electron chi connectivity index (χ4n) is 5.24. The van der Waals surface area contributed by atoms with Crippen LogP contribution in [-0.2, 0) is 25.5 Å². The zero-order valence-electron chi connectivity index (χ0n) is 34.3. The summed E-state index contributed by atoms with van der Waals surface area (Å²) in [6.45, 7) is 27.9. The summed E-state index contributed by atoms with van der Waals surface area (Å²) in [6, 6.07) is 0. The molecule has 14 nitrogen and oxygen atoms in total. The van der Waals surface area contributed by atoms with E-state index in [1.54, 1.807) is 27.7 Å². The summed E-state index contributed by atoms with van der Waals surface area (Å²) in [7, 11) is 0. The second kappa shape index (κ2) is 24.6. The van der Waals surface area contributed by atoms with Crippen molar-refractivity contribution in [2.75, 3.05) is 79.3 Å². The molecule has 0 fully saturated rings. The molecule has 308 valence electrons. The molecule has 0 saturated carbocycles. The third kappa shape index (κ3) is 12.1. The van der Waals surface area contributed by atoms with Gasteiger partial charge in [-0.15, -0.1) is 0 Å². The van der Waals surface area contributed by atoms with Crippen LogP contribution in [0.4, 0.5) is 0 Å². The van der Waals surface area contributed by atoms with E-state index in [0.29, 0.717) is 24.3 Å². The molecule has 0 bridgehead atoms. The summed E-state index contributed by atoms with van der Waals surface area (Å²) < 4.78 is 72.7. The summed E-state index contributed by atoms with van der Waals surface area (Å²) >= 11 is 0. The first kappa shape index (κ1) is 46.3. The van der Waals surface area contributed by atoms with Crippen LogP contribution in [0.5, 0.6) is 57.5 Å². The van der Waals surface area contributed by atoms with Gasteiger partial charge in [-0.1, -0.05) is 13.2 Å². The Bertz CT molecular complexity index is 1390. The summed E-state index contributed by atoms with van der Waals surface area (Å²) in [5.41, 5.74) is 1.07. The topological polar surface area (TPSA) is 145 Å². The minimum Gasteiger partial charge on any atom is -0.489 e. The lowest BCUT2D eigenvalue weighted by Crippen LogP contribution is -2.18. The Morgan fingerprint density at radius 2 is 0.600 bits per heavy atom. The molecule has 2 rings (SSSR count). The molecule has 0 atom stereocenters. The lowest BCUT2D eigenvalue weighted by Gasteiger charge is -2.27. The van der Waals surface area contributed by atoms with E-state index in [9.17, 15) is 9.59 Å². The number of hydrogen-bond donors (Lipinski definition) is 0. The first-order valence-electron chi connectivity index (χ1n) is 19.0. The lowest BCUT2D eigenvalue weighted by atomic mass is 9.97. The minimum atomic E-state index is -0.748. The van der Waals surface area contributed by atoms with Gasteiger partial charge in [-0.25, -0.2) is 9.59 Å². The van der Waals surface area contributed by atoms with Crippen LogP contribution in [0.25, 0.3) is 0 Å². The SMILES string of the molecule is C=C(COCC)C(=O)Oc1c(OCC)c(OCC)c(Cc2c(OCC)c(OCC)c(OC(=O)C(=C)COCC)c(OCC)c2OCC)c(OCC)c1OCC. The Hall–Kier alpha value is -4.82. The minimum absolute atomic E-state index is 0.00776. The molecule has 0 amide bonds. The van der Waals surface area contributed by atoms with Gasteiger partial charge in [0.2, 0.25) is 34.5 Å². The number of rotatable bonds is 28. The fourth-order valence-corrected chi connectivity index (χ4v) is 5.24. The summed E-state index contributed by atoms with van der Waals surface area (Å²) in [5, 5.41) is 0. The van der Waals surface area contributed by atoms with Crippen LogP contribution in [-0.4, -0.2) is 91.2 Å². The molecule has 14 heteroatoms. The summed E-state index contributed by atoms with van der Waals surface area (Å²) in [4.78, 5) is 26.8. The van der Waals surface area contributed by atoms with Gasteiger partial charge in [0.1, 0.15) is 0 Å². The molecular formula is C41H60O14. The Morgan fingerprint density at radius 1 is 0.364 bits per heavy atom. The molecule has 0 radical (unpaired) electrons. The number of benzene rings is 2. The molecular weight excluding hydrogens is 716 g/mol. The molecule has 0 aliphatic heterocycles. The first-order chi connectivity index (χ1) is 26.6. The van der Waals surface area contributed by atoms with Crippen molar-refractivity contribution >= 4 is 11.9 Å². The molecule has 55 heavy (non-hydrogen) atoms. The van der Waals surface area contributed by atoms with Crippen molar-refractivity contribution in [2.24, 2.45) is 0 Å². The smallest absolute Gasteiger partial charge is 0.341 e. The molecule has 0 unspecified atom stereocenters. The molecule has 0 aliphatic rings. The normalized spacial score (nSPS) is 10.7. The average molecular weight is 777 g/mol. The van der Waals surface area contributed by atoms with E-state index in [4.69, 9.17) is 56.8 Å². The second-order valence-electron chi connectivity index (χ2n) is 11.1. The van der Waals surface area contributed by atoms with Crippen LogP contribution in [0.15, 0.2) is 24.3 Å². The highest BCUT2D eigenvalue weighted by atomic mass is 16.6. The Kier molecular flexibility index (Phi) is 20.7. The molecule has 2 aromatic rings. The Labute approximate surface area is 325 Å². The van der Waals surface area contributed by atoms with Gasteiger partial charge in [-0.05, 0) is 69.2 Å². The van der Waals surface area contributed by atoms with Crippen molar-refractivity contribution in [3.05, 3.63) is 35.4 Å². The van der Waals surface area contributed by atoms with Crippen LogP contribution < -0.4 is 47.4 Å². The molecule has 0 N–H and O–H groups in total. The maximum Gasteiger partial charge on any atom is 0.341 e.